The molecule has 1 aliphatic heterocycles. The molecule has 0 fully saturated rings. The van der Waals surface area contributed by atoms with Gasteiger partial charge in [0.15, 0.2) is 6.10 Å². The van der Waals surface area contributed by atoms with Gasteiger partial charge in [-0.1, -0.05) is 11.3 Å². The molecule has 1 unspecified atom stereocenters. The van der Waals surface area contributed by atoms with E-state index in [0.29, 0.717) is 22.7 Å². The Kier molecular flexibility index (Phi) is 3.85. The summed E-state index contributed by atoms with van der Waals surface area (Å²) in [5, 5.41) is 13.2. The lowest BCUT2D eigenvalue weighted by Gasteiger charge is -2.23. The lowest BCUT2D eigenvalue weighted by molar-refractivity contribution is -0.122. The normalized spacial score (nSPS) is 15.6. The highest BCUT2D eigenvalue weighted by molar-refractivity contribution is 6.05. The fraction of sp³-hybridized carbons (Fsp3) is 0.111. The molecule has 0 aliphatic carbocycles. The first-order valence-corrected chi connectivity index (χ1v) is 8.00. The van der Waals surface area contributed by atoms with Crippen molar-refractivity contribution in [2.75, 3.05) is 10.6 Å². The Morgan fingerprint density at radius 1 is 1.27 bits per heavy atom. The molecule has 2 heterocycles. The second kappa shape index (κ2) is 6.32. The number of fused-ring (bicyclic) bond motifs is 1. The van der Waals surface area contributed by atoms with E-state index in [-0.39, 0.29) is 11.8 Å². The SMILES string of the molecule is CC1Oc2ccc(NC(=O)c3cccc(-n4ccnn4)c3)cc2NC1=O. The molecule has 130 valence electrons. The summed E-state index contributed by atoms with van der Waals surface area (Å²) in [6.45, 7) is 1.68. The average molecular weight is 349 g/mol. The predicted molar refractivity (Wildman–Crippen MR) is 94.5 cm³/mol. The highest BCUT2D eigenvalue weighted by Gasteiger charge is 2.23. The number of carbonyl (C=O) groups excluding carboxylic acids is 2. The molecule has 0 spiro atoms. The Balaban J connectivity index is 1.55. The maximum atomic E-state index is 12.5. The number of nitrogens with one attached hydrogen (secondary N) is 2. The molecule has 26 heavy (non-hydrogen) atoms. The van der Waals surface area contributed by atoms with E-state index in [9.17, 15) is 9.59 Å². The van der Waals surface area contributed by atoms with E-state index in [1.54, 1.807) is 60.4 Å². The molecule has 4 rings (SSSR count). The van der Waals surface area contributed by atoms with Crippen LogP contribution < -0.4 is 15.4 Å². The number of benzene rings is 2. The van der Waals surface area contributed by atoms with Crippen molar-refractivity contribution in [2.24, 2.45) is 0 Å². The van der Waals surface area contributed by atoms with Gasteiger partial charge in [0.1, 0.15) is 5.75 Å². The molecule has 2 N–H and O–H groups in total. The molecule has 2 amide bonds. The van der Waals surface area contributed by atoms with E-state index < -0.39 is 6.10 Å². The quantitative estimate of drug-likeness (QED) is 0.756. The predicted octanol–water partition coefficient (Wildman–Crippen LogP) is 2.24. The van der Waals surface area contributed by atoms with Crippen LogP contribution in [0.5, 0.6) is 5.75 Å². The molecule has 0 saturated carbocycles. The van der Waals surface area contributed by atoms with Crippen LogP contribution in [0.2, 0.25) is 0 Å². The number of aromatic nitrogens is 3. The summed E-state index contributed by atoms with van der Waals surface area (Å²) in [5.41, 5.74) is 2.29. The zero-order chi connectivity index (χ0) is 18.1. The Hall–Kier alpha value is -3.68. The van der Waals surface area contributed by atoms with Crippen LogP contribution in [0.3, 0.4) is 0 Å². The Morgan fingerprint density at radius 2 is 2.15 bits per heavy atom. The zero-order valence-corrected chi connectivity index (χ0v) is 13.8. The number of nitrogens with zero attached hydrogens (tertiary/aromatic N) is 3. The van der Waals surface area contributed by atoms with E-state index in [1.165, 1.54) is 0 Å². The number of hydrogen-bond acceptors (Lipinski definition) is 5. The van der Waals surface area contributed by atoms with Crippen molar-refractivity contribution in [2.45, 2.75) is 13.0 Å². The molecule has 0 saturated heterocycles. The smallest absolute Gasteiger partial charge is 0.265 e. The molecule has 1 aromatic heterocycles. The van der Waals surface area contributed by atoms with Gasteiger partial charge < -0.3 is 15.4 Å². The number of hydrogen-bond donors (Lipinski definition) is 2. The maximum Gasteiger partial charge on any atom is 0.265 e. The van der Waals surface area contributed by atoms with E-state index in [1.807, 2.05) is 6.07 Å². The lowest BCUT2D eigenvalue weighted by Crippen LogP contribution is -2.34. The molecule has 0 radical (unpaired) electrons. The van der Waals surface area contributed by atoms with Gasteiger partial charge >= 0.3 is 0 Å². The van der Waals surface area contributed by atoms with Gasteiger partial charge in [-0.3, -0.25) is 9.59 Å². The molecule has 2 aromatic carbocycles. The van der Waals surface area contributed by atoms with Gasteiger partial charge in [0.25, 0.3) is 11.8 Å². The maximum absolute atomic E-state index is 12.5. The van der Waals surface area contributed by atoms with Gasteiger partial charge in [-0.25, -0.2) is 4.68 Å². The zero-order valence-electron chi connectivity index (χ0n) is 13.8. The molecular formula is C18H15N5O3. The van der Waals surface area contributed by atoms with Crippen molar-refractivity contribution in [3.05, 3.63) is 60.4 Å². The monoisotopic (exact) mass is 349 g/mol. The van der Waals surface area contributed by atoms with E-state index in [4.69, 9.17) is 4.74 Å². The Morgan fingerprint density at radius 3 is 2.96 bits per heavy atom. The fourth-order valence-electron chi connectivity index (χ4n) is 2.63. The van der Waals surface area contributed by atoms with Gasteiger partial charge in [0.05, 0.1) is 23.8 Å². The number of carbonyl (C=O) groups is 2. The van der Waals surface area contributed by atoms with Crippen molar-refractivity contribution in [1.29, 1.82) is 0 Å². The van der Waals surface area contributed by atoms with Crippen molar-refractivity contribution in [3.8, 4) is 11.4 Å². The molecule has 1 atom stereocenters. The molecule has 1 aliphatic rings. The van der Waals surface area contributed by atoms with Gasteiger partial charge in [-0.15, -0.1) is 5.10 Å². The topological polar surface area (TPSA) is 98.1 Å². The minimum atomic E-state index is -0.539. The fourth-order valence-corrected chi connectivity index (χ4v) is 2.63. The van der Waals surface area contributed by atoms with Crippen molar-refractivity contribution < 1.29 is 14.3 Å². The highest BCUT2D eigenvalue weighted by Crippen LogP contribution is 2.32. The molecular weight excluding hydrogens is 334 g/mol. The van der Waals surface area contributed by atoms with Crippen LogP contribution in [0.4, 0.5) is 11.4 Å². The second-order valence-electron chi connectivity index (χ2n) is 5.81. The van der Waals surface area contributed by atoms with Crippen LogP contribution in [-0.4, -0.2) is 32.9 Å². The summed E-state index contributed by atoms with van der Waals surface area (Å²) in [6.07, 6.45) is 2.73. The third kappa shape index (κ3) is 3.00. The Labute approximate surface area is 148 Å². The van der Waals surface area contributed by atoms with Crippen LogP contribution >= 0.6 is 0 Å². The summed E-state index contributed by atoms with van der Waals surface area (Å²) >= 11 is 0. The van der Waals surface area contributed by atoms with Crippen LogP contribution in [-0.2, 0) is 4.79 Å². The standard InChI is InChI=1S/C18H15N5O3/c1-11-17(24)21-15-10-13(5-6-16(15)26-11)20-18(25)12-3-2-4-14(9-12)23-8-7-19-22-23/h2-11H,1H3,(H,20,25)(H,21,24). The van der Waals surface area contributed by atoms with Gasteiger partial charge in [-0.2, -0.15) is 0 Å². The van der Waals surface area contributed by atoms with Crippen LogP contribution in [0, 0.1) is 0 Å². The first-order chi connectivity index (χ1) is 12.6. The van der Waals surface area contributed by atoms with Crippen LogP contribution in [0.1, 0.15) is 17.3 Å². The Bertz CT molecular complexity index is 984. The van der Waals surface area contributed by atoms with Crippen molar-refractivity contribution >= 4 is 23.2 Å². The molecule has 8 heteroatoms. The lowest BCUT2D eigenvalue weighted by atomic mass is 10.1. The molecule has 3 aromatic rings. The van der Waals surface area contributed by atoms with Gasteiger partial charge in [-0.05, 0) is 43.3 Å². The van der Waals surface area contributed by atoms with Crippen LogP contribution in [0.25, 0.3) is 5.69 Å². The summed E-state index contributed by atoms with van der Waals surface area (Å²) in [7, 11) is 0. The van der Waals surface area contributed by atoms with Crippen molar-refractivity contribution in [1.82, 2.24) is 15.0 Å². The van der Waals surface area contributed by atoms with E-state index >= 15 is 0 Å². The number of amides is 2. The van der Waals surface area contributed by atoms with Gasteiger partial charge in [0, 0.05) is 11.3 Å². The second-order valence-corrected chi connectivity index (χ2v) is 5.81. The first kappa shape index (κ1) is 15.8. The highest BCUT2D eigenvalue weighted by atomic mass is 16.5. The largest absolute Gasteiger partial charge is 0.479 e. The average Bonchev–Trinajstić information content (AvgIpc) is 3.18. The minimum absolute atomic E-state index is 0.221. The summed E-state index contributed by atoms with van der Waals surface area (Å²) in [6, 6.07) is 12.1. The molecule has 8 nitrogen and oxygen atoms in total. The van der Waals surface area contributed by atoms with Gasteiger partial charge in [0.2, 0.25) is 0 Å². The summed E-state index contributed by atoms with van der Waals surface area (Å²) in [5.74, 6) is 0.0770. The van der Waals surface area contributed by atoms with E-state index in [0.717, 1.165) is 5.69 Å². The number of anilines is 2. The minimum Gasteiger partial charge on any atom is -0.479 e. The molecule has 0 bridgehead atoms. The van der Waals surface area contributed by atoms with Crippen LogP contribution in [0.15, 0.2) is 54.9 Å². The summed E-state index contributed by atoms with van der Waals surface area (Å²) in [4.78, 5) is 24.3. The van der Waals surface area contributed by atoms with E-state index in [2.05, 4.69) is 20.9 Å². The number of ether oxygens (including phenoxy) is 1. The third-order valence-electron chi connectivity index (χ3n) is 3.96. The first-order valence-electron chi connectivity index (χ1n) is 8.00. The summed E-state index contributed by atoms with van der Waals surface area (Å²) < 4.78 is 7.08. The van der Waals surface area contributed by atoms with Crippen molar-refractivity contribution in [3.63, 3.8) is 0 Å². The third-order valence-corrected chi connectivity index (χ3v) is 3.96. The number of rotatable bonds is 3.